The number of amides is 1. The largest absolute Gasteiger partial charge is 0.411 e. The molecule has 0 saturated carbocycles. The molecule has 6 nitrogen and oxygen atoms in total. The highest BCUT2D eigenvalue weighted by molar-refractivity contribution is 7.99. The molecule has 3 rings (SSSR count). The van der Waals surface area contributed by atoms with Crippen molar-refractivity contribution in [2.45, 2.75) is 31.0 Å². The van der Waals surface area contributed by atoms with E-state index in [1.807, 2.05) is 18.2 Å². The van der Waals surface area contributed by atoms with Crippen LogP contribution in [0.2, 0.25) is 5.02 Å². The molecule has 1 saturated heterocycles. The van der Waals surface area contributed by atoms with E-state index in [1.165, 1.54) is 11.8 Å². The molecule has 2 aromatic rings. The van der Waals surface area contributed by atoms with E-state index in [-0.39, 0.29) is 17.7 Å². The topological polar surface area (TPSA) is 71.3 Å². The van der Waals surface area contributed by atoms with Gasteiger partial charge in [0.2, 0.25) is 11.8 Å². The van der Waals surface area contributed by atoms with Gasteiger partial charge in [-0.3, -0.25) is 4.79 Å². The lowest BCUT2D eigenvalue weighted by molar-refractivity contribution is -0.119. The lowest BCUT2D eigenvalue weighted by Crippen LogP contribution is -2.45. The van der Waals surface area contributed by atoms with Crippen LogP contribution in [0.3, 0.4) is 0 Å². The summed E-state index contributed by atoms with van der Waals surface area (Å²) in [5.74, 6) is 0.621. The molecule has 1 aromatic carbocycles. The van der Waals surface area contributed by atoms with Crippen LogP contribution in [0, 0.1) is 0 Å². The monoisotopic (exact) mass is 380 g/mol. The third kappa shape index (κ3) is 4.96. The van der Waals surface area contributed by atoms with Crippen LogP contribution in [0.15, 0.2) is 33.9 Å². The predicted molar refractivity (Wildman–Crippen MR) is 98.7 cm³/mol. The van der Waals surface area contributed by atoms with Gasteiger partial charge in [-0.2, -0.15) is 0 Å². The van der Waals surface area contributed by atoms with Gasteiger partial charge in [-0.1, -0.05) is 42.4 Å². The minimum Gasteiger partial charge on any atom is -0.411 e. The van der Waals surface area contributed by atoms with Crippen molar-refractivity contribution < 1.29 is 9.21 Å². The molecular weight excluding hydrogens is 360 g/mol. The quantitative estimate of drug-likeness (QED) is 0.776. The summed E-state index contributed by atoms with van der Waals surface area (Å²) in [5, 5.41) is 12.0. The number of benzene rings is 1. The fourth-order valence-corrected chi connectivity index (χ4v) is 3.59. The number of thioether (sulfide) groups is 1. The number of rotatable bonds is 6. The number of aromatic nitrogens is 2. The molecule has 1 aromatic heterocycles. The summed E-state index contributed by atoms with van der Waals surface area (Å²) in [7, 11) is 0. The Labute approximate surface area is 156 Å². The SMILES string of the molecule is CCN1CCC(NC(=O)CSc2nnc(-c3ccccc3Cl)o2)CC1. The fraction of sp³-hybridized carbons (Fsp3) is 0.471. The first-order valence-electron chi connectivity index (χ1n) is 8.38. The lowest BCUT2D eigenvalue weighted by atomic mass is 10.1. The van der Waals surface area contributed by atoms with Gasteiger partial charge in [-0.25, -0.2) is 0 Å². The van der Waals surface area contributed by atoms with Crippen LogP contribution in [0.1, 0.15) is 19.8 Å². The molecule has 25 heavy (non-hydrogen) atoms. The second-order valence-corrected chi connectivity index (χ2v) is 7.25. The molecule has 1 amide bonds. The highest BCUT2D eigenvalue weighted by atomic mass is 35.5. The van der Waals surface area contributed by atoms with Gasteiger partial charge in [0, 0.05) is 19.1 Å². The number of piperidine rings is 1. The van der Waals surface area contributed by atoms with Crippen LogP contribution in [0.5, 0.6) is 0 Å². The summed E-state index contributed by atoms with van der Waals surface area (Å²) < 4.78 is 5.59. The number of likely N-dealkylation sites (tertiary alicyclic amines) is 1. The highest BCUT2D eigenvalue weighted by Gasteiger charge is 2.20. The second-order valence-electron chi connectivity index (χ2n) is 5.92. The molecule has 1 aliphatic heterocycles. The summed E-state index contributed by atoms with van der Waals surface area (Å²) in [4.78, 5) is 14.5. The predicted octanol–water partition coefficient (Wildman–Crippen LogP) is 3.08. The summed E-state index contributed by atoms with van der Waals surface area (Å²) >= 11 is 7.36. The Bertz CT molecular complexity index is 716. The van der Waals surface area contributed by atoms with Gasteiger partial charge in [0.1, 0.15) is 0 Å². The summed E-state index contributed by atoms with van der Waals surface area (Å²) in [6.45, 7) is 5.32. The van der Waals surface area contributed by atoms with Crippen LogP contribution in [-0.2, 0) is 4.79 Å². The number of nitrogens with one attached hydrogen (secondary N) is 1. The van der Waals surface area contributed by atoms with Crippen molar-refractivity contribution in [1.82, 2.24) is 20.4 Å². The third-order valence-electron chi connectivity index (χ3n) is 4.24. The fourth-order valence-electron chi connectivity index (χ4n) is 2.80. The molecule has 1 fully saturated rings. The van der Waals surface area contributed by atoms with Crippen LogP contribution >= 0.6 is 23.4 Å². The number of hydrogen-bond acceptors (Lipinski definition) is 6. The number of carbonyl (C=O) groups is 1. The zero-order valence-corrected chi connectivity index (χ0v) is 15.6. The number of carbonyl (C=O) groups excluding carboxylic acids is 1. The molecule has 0 atom stereocenters. The van der Waals surface area contributed by atoms with Crippen molar-refractivity contribution >= 4 is 29.3 Å². The van der Waals surface area contributed by atoms with E-state index in [0.717, 1.165) is 32.5 Å². The maximum atomic E-state index is 12.1. The molecule has 134 valence electrons. The zero-order chi connectivity index (χ0) is 17.6. The highest BCUT2D eigenvalue weighted by Crippen LogP contribution is 2.28. The van der Waals surface area contributed by atoms with E-state index in [0.29, 0.717) is 21.7 Å². The van der Waals surface area contributed by atoms with Gasteiger partial charge < -0.3 is 14.6 Å². The lowest BCUT2D eigenvalue weighted by Gasteiger charge is -2.31. The third-order valence-corrected chi connectivity index (χ3v) is 5.39. The maximum Gasteiger partial charge on any atom is 0.277 e. The molecule has 0 unspecified atom stereocenters. The Morgan fingerprint density at radius 3 is 2.84 bits per heavy atom. The van der Waals surface area contributed by atoms with Gasteiger partial charge in [-0.15, -0.1) is 10.2 Å². The van der Waals surface area contributed by atoms with E-state index < -0.39 is 0 Å². The zero-order valence-electron chi connectivity index (χ0n) is 14.1. The smallest absolute Gasteiger partial charge is 0.277 e. The van der Waals surface area contributed by atoms with Gasteiger partial charge in [0.05, 0.1) is 16.3 Å². The molecule has 2 heterocycles. The second kappa shape index (κ2) is 8.69. The first-order valence-corrected chi connectivity index (χ1v) is 9.75. The van der Waals surface area contributed by atoms with Crippen molar-refractivity contribution in [2.75, 3.05) is 25.4 Å². The minimum atomic E-state index is -0.00237. The number of nitrogens with zero attached hydrogens (tertiary/aromatic N) is 3. The van der Waals surface area contributed by atoms with Crippen molar-refractivity contribution in [1.29, 1.82) is 0 Å². The van der Waals surface area contributed by atoms with Crippen molar-refractivity contribution in [3.63, 3.8) is 0 Å². The molecular formula is C17H21ClN4O2S. The summed E-state index contributed by atoms with van der Waals surface area (Å²) in [6.07, 6.45) is 2.00. The number of halogens is 1. The van der Waals surface area contributed by atoms with E-state index in [9.17, 15) is 4.79 Å². The van der Waals surface area contributed by atoms with E-state index >= 15 is 0 Å². The standard InChI is InChI=1S/C17H21ClN4O2S/c1-2-22-9-7-12(8-10-22)19-15(23)11-25-17-21-20-16(24-17)13-5-3-4-6-14(13)18/h3-6,12H,2,7-11H2,1H3,(H,19,23). The van der Waals surface area contributed by atoms with Crippen LogP contribution in [0.4, 0.5) is 0 Å². The first kappa shape index (κ1) is 18.2. The Morgan fingerprint density at radius 1 is 1.36 bits per heavy atom. The van der Waals surface area contributed by atoms with Gasteiger partial charge in [-0.05, 0) is 31.5 Å². The van der Waals surface area contributed by atoms with Gasteiger partial charge in [0.25, 0.3) is 5.22 Å². The molecule has 1 aliphatic rings. The number of hydrogen-bond donors (Lipinski definition) is 1. The van der Waals surface area contributed by atoms with Crippen molar-refractivity contribution in [3.05, 3.63) is 29.3 Å². The molecule has 0 bridgehead atoms. The molecule has 0 radical (unpaired) electrons. The minimum absolute atomic E-state index is 0.00237. The Balaban J connectivity index is 1.48. The molecule has 0 spiro atoms. The van der Waals surface area contributed by atoms with E-state index in [2.05, 4.69) is 27.3 Å². The Kier molecular flexibility index (Phi) is 6.34. The van der Waals surface area contributed by atoms with E-state index in [4.69, 9.17) is 16.0 Å². The normalized spacial score (nSPS) is 16.1. The molecule has 1 N–H and O–H groups in total. The van der Waals surface area contributed by atoms with Crippen molar-refractivity contribution in [3.8, 4) is 11.5 Å². The summed E-state index contributed by atoms with van der Waals surface area (Å²) in [6, 6.07) is 7.55. The van der Waals surface area contributed by atoms with Gasteiger partial charge >= 0.3 is 0 Å². The molecule has 0 aliphatic carbocycles. The maximum absolute atomic E-state index is 12.1. The average molecular weight is 381 g/mol. The van der Waals surface area contributed by atoms with Crippen LogP contribution in [0.25, 0.3) is 11.5 Å². The Hall–Kier alpha value is -1.57. The van der Waals surface area contributed by atoms with Crippen LogP contribution < -0.4 is 5.32 Å². The molecule has 8 heteroatoms. The average Bonchev–Trinajstić information content (AvgIpc) is 3.10. The Morgan fingerprint density at radius 2 is 2.12 bits per heavy atom. The van der Waals surface area contributed by atoms with Crippen molar-refractivity contribution in [2.24, 2.45) is 0 Å². The van der Waals surface area contributed by atoms with Gasteiger partial charge in [0.15, 0.2) is 0 Å². The van der Waals surface area contributed by atoms with Crippen LogP contribution in [-0.4, -0.2) is 52.4 Å². The van der Waals surface area contributed by atoms with E-state index in [1.54, 1.807) is 6.07 Å². The summed E-state index contributed by atoms with van der Waals surface area (Å²) in [5.41, 5.74) is 0.690. The first-order chi connectivity index (χ1) is 12.2.